The molecule has 0 atom stereocenters. The van der Waals surface area contributed by atoms with Crippen LogP contribution in [0.2, 0.25) is 0 Å². The maximum atomic E-state index is 11.7. The number of hydrogen-bond acceptors (Lipinski definition) is 3. The van der Waals surface area contributed by atoms with Gasteiger partial charge in [0, 0.05) is 13.2 Å². The number of carbonyl (C=O) groups excluding carboxylic acids is 1. The lowest BCUT2D eigenvalue weighted by atomic mass is 10.3. The highest BCUT2D eigenvalue weighted by Crippen LogP contribution is 2.11. The van der Waals surface area contributed by atoms with E-state index in [1.54, 1.807) is 6.33 Å². The van der Waals surface area contributed by atoms with Crippen molar-refractivity contribution in [2.45, 2.75) is 19.4 Å². The predicted octanol–water partition coefficient (Wildman–Crippen LogP) is 0.925. The molecule has 5 heteroatoms. The molecule has 0 aliphatic heterocycles. The molecule has 2 aromatic rings. The van der Waals surface area contributed by atoms with Crippen LogP contribution in [0.15, 0.2) is 30.6 Å². The maximum absolute atomic E-state index is 11.7. The molecule has 2 N–H and O–H groups in total. The number of para-hydroxylation sites is 2. The lowest BCUT2D eigenvalue weighted by molar-refractivity contribution is -0.121. The van der Waals surface area contributed by atoms with Gasteiger partial charge in [0.2, 0.25) is 5.91 Å². The maximum Gasteiger partial charge on any atom is 0.239 e. The Balaban J connectivity index is 1.91. The van der Waals surface area contributed by atoms with Crippen molar-refractivity contribution in [2.75, 3.05) is 13.2 Å². The van der Waals surface area contributed by atoms with Crippen LogP contribution in [-0.4, -0.2) is 33.7 Å². The normalized spacial score (nSPS) is 10.7. The van der Waals surface area contributed by atoms with Crippen molar-refractivity contribution in [2.24, 2.45) is 0 Å². The average Bonchev–Trinajstić information content (AvgIpc) is 2.78. The molecular weight excluding hydrogens is 230 g/mol. The Kier molecular flexibility index (Phi) is 4.30. The quantitative estimate of drug-likeness (QED) is 0.746. The van der Waals surface area contributed by atoms with Crippen molar-refractivity contribution in [3.63, 3.8) is 0 Å². The highest BCUT2D eigenvalue weighted by molar-refractivity contribution is 5.80. The van der Waals surface area contributed by atoms with Gasteiger partial charge in [0.15, 0.2) is 0 Å². The fraction of sp³-hybridized carbons (Fsp3) is 0.385. The zero-order valence-electron chi connectivity index (χ0n) is 10.2. The molecule has 0 unspecified atom stereocenters. The number of nitrogens with zero attached hydrogens (tertiary/aromatic N) is 2. The largest absolute Gasteiger partial charge is 0.396 e. The number of unbranched alkanes of at least 4 members (excludes halogenated alkanes) is 1. The zero-order valence-corrected chi connectivity index (χ0v) is 10.2. The number of rotatable bonds is 6. The average molecular weight is 247 g/mol. The number of aliphatic hydroxyl groups excluding tert-OH is 1. The van der Waals surface area contributed by atoms with Gasteiger partial charge in [-0.1, -0.05) is 12.1 Å². The fourth-order valence-corrected chi connectivity index (χ4v) is 1.81. The van der Waals surface area contributed by atoms with Crippen molar-refractivity contribution in [1.82, 2.24) is 14.9 Å². The van der Waals surface area contributed by atoms with Crippen LogP contribution in [0.4, 0.5) is 0 Å². The molecule has 1 aromatic carbocycles. The first kappa shape index (κ1) is 12.6. The first-order valence-corrected chi connectivity index (χ1v) is 6.08. The summed E-state index contributed by atoms with van der Waals surface area (Å²) in [4.78, 5) is 15.9. The van der Waals surface area contributed by atoms with Gasteiger partial charge in [0.25, 0.3) is 0 Å². The van der Waals surface area contributed by atoms with E-state index in [2.05, 4.69) is 10.3 Å². The molecule has 0 radical (unpaired) electrons. The Labute approximate surface area is 105 Å². The summed E-state index contributed by atoms with van der Waals surface area (Å²) in [7, 11) is 0. The molecule has 1 aromatic heterocycles. The summed E-state index contributed by atoms with van der Waals surface area (Å²) in [5, 5.41) is 11.5. The summed E-state index contributed by atoms with van der Waals surface area (Å²) in [5.41, 5.74) is 1.86. The summed E-state index contributed by atoms with van der Waals surface area (Å²) in [5.74, 6) is -0.0314. The van der Waals surface area contributed by atoms with Crippen molar-refractivity contribution >= 4 is 16.9 Å². The van der Waals surface area contributed by atoms with Crippen LogP contribution in [0.5, 0.6) is 0 Å². The van der Waals surface area contributed by atoms with E-state index < -0.39 is 0 Å². The Morgan fingerprint density at radius 2 is 2.17 bits per heavy atom. The monoisotopic (exact) mass is 247 g/mol. The van der Waals surface area contributed by atoms with Crippen molar-refractivity contribution < 1.29 is 9.90 Å². The zero-order chi connectivity index (χ0) is 12.8. The van der Waals surface area contributed by atoms with Crippen LogP contribution in [-0.2, 0) is 11.3 Å². The van der Waals surface area contributed by atoms with E-state index in [0.29, 0.717) is 13.0 Å². The Hall–Kier alpha value is -1.88. The minimum Gasteiger partial charge on any atom is -0.396 e. The lowest BCUT2D eigenvalue weighted by Crippen LogP contribution is -2.28. The molecule has 1 amide bonds. The third kappa shape index (κ3) is 3.07. The second kappa shape index (κ2) is 6.16. The molecule has 0 aliphatic carbocycles. The second-order valence-electron chi connectivity index (χ2n) is 4.14. The Morgan fingerprint density at radius 3 is 3.00 bits per heavy atom. The number of aliphatic hydroxyl groups is 1. The van der Waals surface area contributed by atoms with Gasteiger partial charge in [0.05, 0.1) is 17.4 Å². The van der Waals surface area contributed by atoms with E-state index in [1.807, 2.05) is 28.8 Å². The van der Waals surface area contributed by atoms with E-state index in [-0.39, 0.29) is 19.1 Å². The number of carbonyl (C=O) groups is 1. The lowest BCUT2D eigenvalue weighted by Gasteiger charge is -2.06. The van der Waals surface area contributed by atoms with Crippen LogP contribution in [0, 0.1) is 0 Å². The van der Waals surface area contributed by atoms with Gasteiger partial charge in [-0.15, -0.1) is 0 Å². The first-order valence-electron chi connectivity index (χ1n) is 6.08. The number of nitrogens with one attached hydrogen (secondary N) is 1. The number of benzene rings is 1. The van der Waals surface area contributed by atoms with E-state index in [4.69, 9.17) is 5.11 Å². The summed E-state index contributed by atoms with van der Waals surface area (Å²) < 4.78 is 1.83. The SMILES string of the molecule is O=C(Cn1cnc2ccccc21)NCCCCO. The highest BCUT2D eigenvalue weighted by atomic mass is 16.2. The molecule has 0 spiro atoms. The molecule has 0 fully saturated rings. The number of imidazole rings is 1. The molecule has 0 aliphatic rings. The van der Waals surface area contributed by atoms with E-state index >= 15 is 0 Å². The third-order valence-corrected chi connectivity index (χ3v) is 2.75. The predicted molar refractivity (Wildman–Crippen MR) is 69.1 cm³/mol. The van der Waals surface area contributed by atoms with Gasteiger partial charge in [0.1, 0.15) is 6.54 Å². The highest BCUT2D eigenvalue weighted by Gasteiger charge is 2.05. The molecule has 5 nitrogen and oxygen atoms in total. The van der Waals surface area contributed by atoms with Crippen molar-refractivity contribution in [1.29, 1.82) is 0 Å². The molecular formula is C13H17N3O2. The molecule has 1 heterocycles. The number of hydrogen-bond donors (Lipinski definition) is 2. The van der Waals surface area contributed by atoms with Crippen molar-refractivity contribution in [3.05, 3.63) is 30.6 Å². The van der Waals surface area contributed by atoms with E-state index in [9.17, 15) is 4.79 Å². The summed E-state index contributed by atoms with van der Waals surface area (Å²) in [6.45, 7) is 1.05. The molecule has 2 rings (SSSR count). The van der Waals surface area contributed by atoms with Crippen LogP contribution in [0.3, 0.4) is 0 Å². The molecule has 18 heavy (non-hydrogen) atoms. The Morgan fingerprint density at radius 1 is 1.33 bits per heavy atom. The smallest absolute Gasteiger partial charge is 0.239 e. The molecule has 0 bridgehead atoms. The van der Waals surface area contributed by atoms with Gasteiger partial charge >= 0.3 is 0 Å². The standard InChI is InChI=1S/C13H17N3O2/c17-8-4-3-7-14-13(18)9-16-10-15-11-5-1-2-6-12(11)16/h1-2,5-6,10,17H,3-4,7-9H2,(H,14,18). The third-order valence-electron chi connectivity index (χ3n) is 2.75. The topological polar surface area (TPSA) is 67.2 Å². The van der Waals surface area contributed by atoms with Crippen LogP contribution in [0.25, 0.3) is 11.0 Å². The number of amides is 1. The molecule has 0 saturated heterocycles. The molecule has 0 saturated carbocycles. The Bertz CT molecular complexity index is 522. The van der Waals surface area contributed by atoms with Gasteiger partial charge in [-0.3, -0.25) is 4.79 Å². The van der Waals surface area contributed by atoms with Crippen molar-refractivity contribution in [3.8, 4) is 0 Å². The first-order chi connectivity index (χ1) is 8.81. The van der Waals surface area contributed by atoms with Crippen LogP contribution >= 0.6 is 0 Å². The summed E-state index contributed by atoms with van der Waals surface area (Å²) >= 11 is 0. The summed E-state index contributed by atoms with van der Waals surface area (Å²) in [6, 6.07) is 7.72. The molecule has 96 valence electrons. The van der Waals surface area contributed by atoms with Gasteiger partial charge in [-0.25, -0.2) is 4.98 Å². The van der Waals surface area contributed by atoms with E-state index in [0.717, 1.165) is 17.5 Å². The van der Waals surface area contributed by atoms with Gasteiger partial charge in [-0.05, 0) is 25.0 Å². The van der Waals surface area contributed by atoms with Crippen LogP contribution < -0.4 is 5.32 Å². The summed E-state index contributed by atoms with van der Waals surface area (Å²) in [6.07, 6.45) is 3.19. The number of fused-ring (bicyclic) bond motifs is 1. The van der Waals surface area contributed by atoms with Gasteiger partial charge in [-0.2, -0.15) is 0 Å². The minimum absolute atomic E-state index is 0.0314. The number of aromatic nitrogens is 2. The second-order valence-corrected chi connectivity index (χ2v) is 4.14. The van der Waals surface area contributed by atoms with Gasteiger partial charge < -0.3 is 15.0 Å². The fourth-order valence-electron chi connectivity index (χ4n) is 1.81. The minimum atomic E-state index is -0.0314. The van der Waals surface area contributed by atoms with E-state index in [1.165, 1.54) is 0 Å². The van der Waals surface area contributed by atoms with Crippen LogP contribution in [0.1, 0.15) is 12.8 Å².